The first kappa shape index (κ1) is 20.8. The quantitative estimate of drug-likeness (QED) is 0.669. The summed E-state index contributed by atoms with van der Waals surface area (Å²) in [5, 5.41) is -0.390. The third kappa shape index (κ3) is 6.33. The molecule has 0 N–H and O–H groups in total. The third-order valence-electron chi connectivity index (χ3n) is 3.16. The van der Waals surface area contributed by atoms with Crippen LogP contribution in [0.5, 0.6) is 0 Å². The van der Waals surface area contributed by atoms with E-state index in [-0.39, 0.29) is 11.1 Å². The number of sulfone groups is 2. The van der Waals surface area contributed by atoms with Gasteiger partial charge in [-0.05, 0) is 36.4 Å². The van der Waals surface area contributed by atoms with Gasteiger partial charge in [-0.1, -0.05) is 0 Å². The fourth-order valence-electron chi connectivity index (χ4n) is 1.93. The molecule has 0 aliphatic rings. The van der Waals surface area contributed by atoms with E-state index in [1.54, 1.807) is 0 Å². The van der Waals surface area contributed by atoms with Crippen molar-refractivity contribution in [1.29, 1.82) is 0 Å². The normalized spacial score (nSPS) is 12.9. The average molecular weight is 420 g/mol. The lowest BCUT2D eigenvalue weighted by molar-refractivity contribution is 0.581. The number of hydrogen-bond donors (Lipinski definition) is 0. The number of hydrogen-bond acceptors (Lipinski definition) is 4. The lowest BCUT2D eigenvalue weighted by atomic mass is 10.2. The fourth-order valence-corrected chi connectivity index (χ4v) is 5.10. The summed E-state index contributed by atoms with van der Waals surface area (Å²) < 4.78 is 100. The van der Waals surface area contributed by atoms with Crippen LogP contribution in [0.15, 0.2) is 47.2 Å². The second-order valence-corrected chi connectivity index (χ2v) is 9.52. The van der Waals surface area contributed by atoms with Gasteiger partial charge in [0.2, 0.25) is 0 Å². The van der Waals surface area contributed by atoms with Gasteiger partial charge in [0.05, 0.1) is 0 Å². The Kier molecular flexibility index (Phi) is 6.22. The standard InChI is InChI=1S/C17H12F4O4S2/c18-14-3-1-12(16(20)9-14)5-7-26(22,23)11-27(24,25)8-6-13-2-4-15(19)10-17(13)21/h1-10H,11H2. The summed E-state index contributed by atoms with van der Waals surface area (Å²) in [5.41, 5.74) is -0.498. The molecule has 0 aliphatic carbocycles. The largest absolute Gasteiger partial charge is 0.223 e. The van der Waals surface area contributed by atoms with Crippen LogP contribution in [-0.2, 0) is 19.7 Å². The molecule has 4 nitrogen and oxygen atoms in total. The molecule has 0 radical (unpaired) electrons. The molecule has 0 atom stereocenters. The zero-order valence-corrected chi connectivity index (χ0v) is 15.1. The molecule has 0 heterocycles. The monoisotopic (exact) mass is 420 g/mol. The van der Waals surface area contributed by atoms with Gasteiger partial charge in [0, 0.05) is 34.1 Å². The first-order valence-electron chi connectivity index (χ1n) is 7.19. The highest BCUT2D eigenvalue weighted by atomic mass is 32.3. The molecule has 0 amide bonds. The van der Waals surface area contributed by atoms with Crippen molar-refractivity contribution in [3.8, 4) is 0 Å². The molecule has 0 unspecified atom stereocenters. The maximum Gasteiger partial charge on any atom is 0.186 e. The molecule has 0 aliphatic heterocycles. The zero-order chi connectivity index (χ0) is 20.2. The van der Waals surface area contributed by atoms with Gasteiger partial charge in [-0.3, -0.25) is 0 Å². The maximum atomic E-state index is 13.5. The van der Waals surface area contributed by atoms with Crippen LogP contribution in [0, 0.1) is 23.3 Å². The second kappa shape index (κ2) is 8.05. The highest BCUT2D eigenvalue weighted by molar-refractivity contribution is 8.10. The van der Waals surface area contributed by atoms with Crippen LogP contribution < -0.4 is 0 Å². The maximum absolute atomic E-state index is 13.5. The Bertz CT molecular complexity index is 1030. The van der Waals surface area contributed by atoms with E-state index in [1.807, 2.05) is 0 Å². The van der Waals surface area contributed by atoms with E-state index in [1.165, 1.54) is 0 Å². The Morgan fingerprint density at radius 1 is 0.667 bits per heavy atom. The molecule has 0 bridgehead atoms. The van der Waals surface area contributed by atoms with Crippen LogP contribution in [0.25, 0.3) is 12.2 Å². The Hall–Kier alpha value is -2.46. The lowest BCUT2D eigenvalue weighted by Gasteiger charge is -2.00. The molecule has 0 spiro atoms. The van der Waals surface area contributed by atoms with Crippen molar-refractivity contribution in [2.45, 2.75) is 0 Å². The van der Waals surface area contributed by atoms with Gasteiger partial charge in [-0.15, -0.1) is 0 Å². The van der Waals surface area contributed by atoms with Crippen molar-refractivity contribution in [2.75, 3.05) is 5.08 Å². The Morgan fingerprint density at radius 2 is 1.04 bits per heavy atom. The van der Waals surface area contributed by atoms with E-state index in [0.29, 0.717) is 22.9 Å². The Balaban J connectivity index is 2.17. The van der Waals surface area contributed by atoms with E-state index < -0.39 is 48.0 Å². The molecule has 0 aromatic heterocycles. The minimum absolute atomic E-state index is 0.249. The number of benzene rings is 2. The van der Waals surface area contributed by atoms with E-state index >= 15 is 0 Å². The molecule has 0 saturated carbocycles. The van der Waals surface area contributed by atoms with Crippen LogP contribution in [0.3, 0.4) is 0 Å². The van der Waals surface area contributed by atoms with E-state index in [4.69, 9.17) is 0 Å². The van der Waals surface area contributed by atoms with E-state index in [2.05, 4.69) is 0 Å². The summed E-state index contributed by atoms with van der Waals surface area (Å²) in [5.74, 6) is -3.74. The Labute approximate surface area is 153 Å². The van der Waals surface area contributed by atoms with Gasteiger partial charge in [0.1, 0.15) is 23.3 Å². The summed E-state index contributed by atoms with van der Waals surface area (Å²) in [6, 6.07) is 4.88. The van der Waals surface area contributed by atoms with Gasteiger partial charge < -0.3 is 0 Å². The fraction of sp³-hybridized carbons (Fsp3) is 0.0588. The second-order valence-electron chi connectivity index (χ2n) is 5.38. The molecule has 2 aromatic rings. The van der Waals surface area contributed by atoms with Gasteiger partial charge in [0.15, 0.2) is 24.8 Å². The highest BCUT2D eigenvalue weighted by Gasteiger charge is 2.18. The van der Waals surface area contributed by atoms with Crippen molar-refractivity contribution >= 4 is 31.8 Å². The summed E-state index contributed by atoms with van der Waals surface area (Å²) >= 11 is 0. The average Bonchev–Trinajstić information content (AvgIpc) is 2.52. The summed E-state index contributed by atoms with van der Waals surface area (Å²) in [6.07, 6.45) is 1.59. The molecule has 2 aromatic carbocycles. The minimum atomic E-state index is -4.32. The molecule has 27 heavy (non-hydrogen) atoms. The van der Waals surface area contributed by atoms with Crippen molar-refractivity contribution < 1.29 is 34.4 Å². The predicted molar refractivity (Wildman–Crippen MR) is 93.5 cm³/mol. The van der Waals surface area contributed by atoms with Crippen LogP contribution in [0.4, 0.5) is 17.6 Å². The van der Waals surface area contributed by atoms with Gasteiger partial charge in [0.25, 0.3) is 0 Å². The molecular formula is C17H12F4O4S2. The third-order valence-corrected chi connectivity index (χ3v) is 6.89. The molecule has 144 valence electrons. The van der Waals surface area contributed by atoms with Crippen LogP contribution in [0.1, 0.15) is 11.1 Å². The molecule has 10 heteroatoms. The first-order chi connectivity index (χ1) is 12.5. The topological polar surface area (TPSA) is 68.3 Å². The predicted octanol–water partition coefficient (Wildman–Crippen LogP) is 3.67. The lowest BCUT2D eigenvalue weighted by Crippen LogP contribution is -2.11. The smallest absolute Gasteiger partial charge is 0.186 e. The highest BCUT2D eigenvalue weighted by Crippen LogP contribution is 2.15. The van der Waals surface area contributed by atoms with Crippen molar-refractivity contribution in [1.82, 2.24) is 0 Å². The van der Waals surface area contributed by atoms with Gasteiger partial charge in [-0.2, -0.15) is 0 Å². The van der Waals surface area contributed by atoms with Crippen molar-refractivity contribution in [3.63, 3.8) is 0 Å². The summed E-state index contributed by atoms with van der Waals surface area (Å²) in [4.78, 5) is 0. The number of halogens is 4. The minimum Gasteiger partial charge on any atom is -0.223 e. The molecule has 2 rings (SSSR count). The van der Waals surface area contributed by atoms with Crippen molar-refractivity contribution in [2.24, 2.45) is 0 Å². The van der Waals surface area contributed by atoms with E-state index in [0.717, 1.165) is 36.4 Å². The SMILES string of the molecule is O=S(=O)(C=Cc1ccc(F)cc1F)CS(=O)(=O)C=Cc1ccc(F)cc1F. The van der Waals surface area contributed by atoms with E-state index in [9.17, 15) is 34.4 Å². The van der Waals surface area contributed by atoms with Crippen molar-refractivity contribution in [3.05, 3.63) is 81.6 Å². The molecular weight excluding hydrogens is 408 g/mol. The van der Waals surface area contributed by atoms with Crippen LogP contribution in [0.2, 0.25) is 0 Å². The molecule has 0 fully saturated rings. The van der Waals surface area contributed by atoms with Crippen LogP contribution in [-0.4, -0.2) is 21.9 Å². The number of rotatable bonds is 6. The van der Waals surface area contributed by atoms with Gasteiger partial charge >= 0.3 is 0 Å². The summed E-state index contributed by atoms with van der Waals surface area (Å²) in [6.45, 7) is 0. The summed E-state index contributed by atoms with van der Waals surface area (Å²) in [7, 11) is -8.64. The van der Waals surface area contributed by atoms with Gasteiger partial charge in [-0.25, -0.2) is 34.4 Å². The zero-order valence-electron chi connectivity index (χ0n) is 13.4. The molecule has 0 saturated heterocycles. The Morgan fingerprint density at radius 3 is 1.37 bits per heavy atom. The first-order valence-corrected chi connectivity index (χ1v) is 10.6. The van der Waals surface area contributed by atoms with Crippen LogP contribution >= 0.6 is 0 Å².